The van der Waals surface area contributed by atoms with Gasteiger partial charge in [0, 0.05) is 27.2 Å². The van der Waals surface area contributed by atoms with Gasteiger partial charge < -0.3 is 4.74 Å². The zero-order valence-corrected chi connectivity index (χ0v) is 6.64. The highest BCUT2D eigenvalue weighted by atomic mass is 16.5. The van der Waals surface area contributed by atoms with Gasteiger partial charge in [-0.2, -0.15) is 0 Å². The zero-order chi connectivity index (χ0) is 7.28. The van der Waals surface area contributed by atoms with E-state index in [2.05, 4.69) is 12.3 Å². The maximum atomic E-state index is 4.92. The molecule has 0 rings (SSSR count). The third kappa shape index (κ3) is 5.76. The first kappa shape index (κ1) is 8.88. The third-order valence-corrected chi connectivity index (χ3v) is 0.895. The summed E-state index contributed by atoms with van der Waals surface area (Å²) in [5.41, 5.74) is 3.15. The highest BCUT2D eigenvalue weighted by Crippen LogP contribution is 1.81. The van der Waals surface area contributed by atoms with Gasteiger partial charge in [0.1, 0.15) is 0 Å². The van der Waals surface area contributed by atoms with E-state index in [0.29, 0.717) is 6.04 Å². The number of hydrazine groups is 1. The lowest BCUT2D eigenvalue weighted by atomic mass is 10.4. The maximum Gasteiger partial charge on any atom is 0.0626 e. The lowest BCUT2D eigenvalue weighted by Crippen LogP contribution is -2.40. The Balaban J connectivity index is 3.15. The molecule has 1 N–H and O–H groups in total. The van der Waals surface area contributed by atoms with Crippen molar-refractivity contribution in [2.45, 2.75) is 13.0 Å². The molecule has 1 unspecified atom stereocenters. The highest BCUT2D eigenvalue weighted by Gasteiger charge is 1.98. The largest absolute Gasteiger partial charge is 0.383 e. The van der Waals surface area contributed by atoms with Crippen LogP contribution < -0.4 is 5.43 Å². The van der Waals surface area contributed by atoms with Crippen LogP contribution in [0.1, 0.15) is 6.92 Å². The summed E-state index contributed by atoms with van der Waals surface area (Å²) >= 11 is 0. The summed E-state index contributed by atoms with van der Waals surface area (Å²) < 4.78 is 4.92. The molecule has 0 aromatic heterocycles. The molecule has 0 bridgehead atoms. The van der Waals surface area contributed by atoms with Crippen molar-refractivity contribution in [2.75, 3.05) is 27.8 Å². The van der Waals surface area contributed by atoms with Crippen molar-refractivity contribution in [3.05, 3.63) is 0 Å². The molecule has 3 heteroatoms. The minimum Gasteiger partial charge on any atom is -0.383 e. The van der Waals surface area contributed by atoms with Crippen molar-refractivity contribution in [3.63, 3.8) is 0 Å². The molecule has 56 valence electrons. The minimum atomic E-state index is 0.394. The third-order valence-electron chi connectivity index (χ3n) is 0.895. The Hall–Kier alpha value is -0.120. The van der Waals surface area contributed by atoms with Crippen LogP contribution >= 0.6 is 0 Å². The molecule has 0 fully saturated rings. The van der Waals surface area contributed by atoms with Crippen LogP contribution in [0.4, 0.5) is 0 Å². The molecule has 0 aliphatic rings. The molecule has 0 saturated heterocycles. The number of hydrogen-bond acceptors (Lipinski definition) is 3. The minimum absolute atomic E-state index is 0.394. The normalized spacial score (nSPS) is 14.3. The average Bonchev–Trinajstić information content (AvgIpc) is 1.63. The monoisotopic (exact) mass is 132 g/mol. The van der Waals surface area contributed by atoms with Crippen molar-refractivity contribution in [2.24, 2.45) is 0 Å². The molecule has 0 aliphatic heterocycles. The summed E-state index contributed by atoms with van der Waals surface area (Å²) in [5, 5.41) is 1.92. The molecule has 0 radical (unpaired) electrons. The standard InChI is InChI=1S/C6H16N2O/c1-6(5-9-4)7-8(2)3/h6-7H,5H2,1-4H3. The summed E-state index contributed by atoms with van der Waals surface area (Å²) in [6.07, 6.45) is 0. The summed E-state index contributed by atoms with van der Waals surface area (Å²) in [6.45, 7) is 2.82. The summed E-state index contributed by atoms with van der Waals surface area (Å²) in [7, 11) is 5.63. The van der Waals surface area contributed by atoms with E-state index >= 15 is 0 Å². The van der Waals surface area contributed by atoms with Crippen LogP contribution in [-0.2, 0) is 4.74 Å². The van der Waals surface area contributed by atoms with Crippen LogP contribution in [0.25, 0.3) is 0 Å². The predicted octanol–water partition coefficient (Wildman–Crippen LogP) is 0.0875. The van der Waals surface area contributed by atoms with Crippen LogP contribution in [0.2, 0.25) is 0 Å². The van der Waals surface area contributed by atoms with E-state index < -0.39 is 0 Å². The van der Waals surface area contributed by atoms with E-state index in [0.717, 1.165) is 6.61 Å². The van der Waals surface area contributed by atoms with E-state index in [4.69, 9.17) is 4.74 Å². The van der Waals surface area contributed by atoms with E-state index in [1.165, 1.54) is 0 Å². The molecule has 0 aromatic rings. The van der Waals surface area contributed by atoms with Crippen LogP contribution in [0, 0.1) is 0 Å². The lowest BCUT2D eigenvalue weighted by molar-refractivity contribution is 0.134. The Kier molecular flexibility index (Phi) is 4.67. The van der Waals surface area contributed by atoms with Gasteiger partial charge in [0.15, 0.2) is 0 Å². The first-order valence-electron chi connectivity index (χ1n) is 3.09. The number of nitrogens with one attached hydrogen (secondary N) is 1. The van der Waals surface area contributed by atoms with Gasteiger partial charge in [0.05, 0.1) is 6.61 Å². The van der Waals surface area contributed by atoms with E-state index in [1.54, 1.807) is 7.11 Å². The second-order valence-electron chi connectivity index (χ2n) is 2.38. The van der Waals surface area contributed by atoms with Gasteiger partial charge in [-0.25, -0.2) is 0 Å². The summed E-state index contributed by atoms with van der Waals surface area (Å²) in [6, 6.07) is 0.394. The molecule has 0 heterocycles. The number of methoxy groups -OCH3 is 1. The SMILES string of the molecule is COCC(C)NN(C)C. The second-order valence-corrected chi connectivity index (χ2v) is 2.38. The zero-order valence-electron chi connectivity index (χ0n) is 6.64. The van der Waals surface area contributed by atoms with Gasteiger partial charge >= 0.3 is 0 Å². The Bertz CT molecular complexity index is 66.1. The van der Waals surface area contributed by atoms with Crippen LogP contribution in [0.15, 0.2) is 0 Å². The van der Waals surface area contributed by atoms with Gasteiger partial charge in [0.25, 0.3) is 0 Å². The van der Waals surface area contributed by atoms with Crippen molar-refractivity contribution in [3.8, 4) is 0 Å². The van der Waals surface area contributed by atoms with Gasteiger partial charge in [-0.3, -0.25) is 10.4 Å². The van der Waals surface area contributed by atoms with E-state index in [9.17, 15) is 0 Å². The number of rotatable bonds is 4. The molecule has 0 saturated carbocycles. The van der Waals surface area contributed by atoms with Gasteiger partial charge in [0.2, 0.25) is 0 Å². The molecular formula is C6H16N2O. The van der Waals surface area contributed by atoms with Gasteiger partial charge in [-0.1, -0.05) is 0 Å². The van der Waals surface area contributed by atoms with Gasteiger partial charge in [-0.15, -0.1) is 0 Å². The molecule has 9 heavy (non-hydrogen) atoms. The Morgan fingerprint density at radius 3 is 2.44 bits per heavy atom. The molecular weight excluding hydrogens is 116 g/mol. The number of hydrogen-bond donors (Lipinski definition) is 1. The molecule has 3 nitrogen and oxygen atoms in total. The van der Waals surface area contributed by atoms with E-state index in [-0.39, 0.29) is 0 Å². The fraction of sp³-hybridized carbons (Fsp3) is 1.00. The highest BCUT2D eigenvalue weighted by molar-refractivity contribution is 4.52. The first-order valence-corrected chi connectivity index (χ1v) is 3.09. The lowest BCUT2D eigenvalue weighted by Gasteiger charge is -2.17. The number of nitrogens with zero attached hydrogens (tertiary/aromatic N) is 1. The van der Waals surface area contributed by atoms with Crippen LogP contribution in [0.3, 0.4) is 0 Å². The Morgan fingerprint density at radius 2 is 2.11 bits per heavy atom. The molecule has 0 spiro atoms. The molecule has 0 aliphatic carbocycles. The Morgan fingerprint density at radius 1 is 1.56 bits per heavy atom. The summed E-state index contributed by atoms with van der Waals surface area (Å²) in [4.78, 5) is 0. The quantitative estimate of drug-likeness (QED) is 0.548. The van der Waals surface area contributed by atoms with Crippen molar-refractivity contribution >= 4 is 0 Å². The molecule has 0 amide bonds. The molecule has 1 atom stereocenters. The van der Waals surface area contributed by atoms with Crippen molar-refractivity contribution < 1.29 is 4.74 Å². The molecule has 0 aromatic carbocycles. The smallest absolute Gasteiger partial charge is 0.0626 e. The van der Waals surface area contributed by atoms with Crippen LogP contribution in [0.5, 0.6) is 0 Å². The second kappa shape index (κ2) is 4.73. The number of ether oxygens (including phenoxy) is 1. The fourth-order valence-electron chi connectivity index (χ4n) is 0.728. The Labute approximate surface area is 57.0 Å². The van der Waals surface area contributed by atoms with Crippen LogP contribution in [-0.4, -0.2) is 38.9 Å². The van der Waals surface area contributed by atoms with E-state index in [1.807, 2.05) is 19.1 Å². The summed E-state index contributed by atoms with van der Waals surface area (Å²) in [5.74, 6) is 0. The van der Waals surface area contributed by atoms with Gasteiger partial charge in [-0.05, 0) is 6.92 Å². The fourth-order valence-corrected chi connectivity index (χ4v) is 0.728. The average molecular weight is 132 g/mol. The predicted molar refractivity (Wildman–Crippen MR) is 38.2 cm³/mol. The first-order chi connectivity index (χ1) is 4.16. The topological polar surface area (TPSA) is 24.5 Å². The van der Waals surface area contributed by atoms with Crippen molar-refractivity contribution in [1.82, 2.24) is 10.4 Å². The maximum absolute atomic E-state index is 4.92. The van der Waals surface area contributed by atoms with Crippen molar-refractivity contribution in [1.29, 1.82) is 0 Å².